The van der Waals surface area contributed by atoms with E-state index in [1.807, 2.05) is 0 Å². The van der Waals surface area contributed by atoms with Crippen molar-refractivity contribution in [3.8, 4) is 0 Å². The normalized spacial score (nSPS) is 10.8. The molecule has 0 saturated carbocycles. The average molecular weight is 358 g/mol. The van der Waals surface area contributed by atoms with E-state index in [-0.39, 0.29) is 28.4 Å². The predicted octanol–water partition coefficient (Wildman–Crippen LogP) is 3.44. The van der Waals surface area contributed by atoms with Gasteiger partial charge in [0.15, 0.2) is 0 Å². The van der Waals surface area contributed by atoms with E-state index in [0.717, 1.165) is 4.68 Å². The van der Waals surface area contributed by atoms with E-state index < -0.39 is 24.0 Å². The van der Waals surface area contributed by atoms with Crippen LogP contribution < -0.4 is 5.32 Å². The fourth-order valence-electron chi connectivity index (χ4n) is 2.04. The number of nitrogens with one attached hydrogen (secondary N) is 1. The molecule has 0 bridgehead atoms. The zero-order valence-electron chi connectivity index (χ0n) is 12.8. The van der Waals surface area contributed by atoms with Gasteiger partial charge in [0.05, 0.1) is 23.4 Å². The van der Waals surface area contributed by atoms with Gasteiger partial charge in [-0.3, -0.25) is 9.48 Å². The largest absolute Gasteiger partial charge is 0.462 e. The van der Waals surface area contributed by atoms with Crippen LogP contribution in [0, 0.1) is 0 Å². The van der Waals surface area contributed by atoms with E-state index in [1.54, 1.807) is 6.92 Å². The van der Waals surface area contributed by atoms with Gasteiger partial charge in [-0.25, -0.2) is 13.6 Å². The summed E-state index contributed by atoms with van der Waals surface area (Å²) >= 11 is 5.87. The zero-order valence-corrected chi connectivity index (χ0v) is 13.6. The molecule has 0 atom stereocenters. The molecule has 1 heterocycles. The van der Waals surface area contributed by atoms with Crippen molar-refractivity contribution in [3.63, 3.8) is 0 Å². The van der Waals surface area contributed by atoms with Crippen molar-refractivity contribution in [2.75, 3.05) is 11.9 Å². The summed E-state index contributed by atoms with van der Waals surface area (Å²) in [6.07, 6.45) is -1.73. The van der Waals surface area contributed by atoms with Gasteiger partial charge >= 0.3 is 5.97 Å². The highest BCUT2D eigenvalue weighted by molar-refractivity contribution is 6.31. The summed E-state index contributed by atoms with van der Waals surface area (Å²) in [4.78, 5) is 24.2. The topological polar surface area (TPSA) is 73.2 Å². The fourth-order valence-corrected chi connectivity index (χ4v) is 2.21. The van der Waals surface area contributed by atoms with Gasteiger partial charge in [0.2, 0.25) is 0 Å². The summed E-state index contributed by atoms with van der Waals surface area (Å²) < 4.78 is 31.9. The quantitative estimate of drug-likeness (QED) is 0.832. The third kappa shape index (κ3) is 3.88. The van der Waals surface area contributed by atoms with Crippen LogP contribution in [-0.2, 0) is 11.8 Å². The number of amides is 1. The summed E-state index contributed by atoms with van der Waals surface area (Å²) in [6.45, 7) is 1.78. The van der Waals surface area contributed by atoms with Gasteiger partial charge < -0.3 is 10.1 Å². The first-order valence-electron chi connectivity index (χ1n) is 6.93. The number of carbonyl (C=O) groups is 2. The standard InChI is InChI=1S/C15H14ClF2N3O3/c1-3-24-15(23)9-5-4-8(16)6-11(9)19-14(22)10-7-21(2)20-12(10)13(17)18/h4-7,13H,3H2,1-2H3,(H,19,22). The van der Waals surface area contributed by atoms with E-state index in [1.165, 1.54) is 31.4 Å². The van der Waals surface area contributed by atoms with Crippen LogP contribution in [0.15, 0.2) is 24.4 Å². The molecule has 2 aromatic rings. The van der Waals surface area contributed by atoms with Gasteiger partial charge in [-0.15, -0.1) is 0 Å². The molecule has 9 heteroatoms. The van der Waals surface area contributed by atoms with Crippen LogP contribution in [-0.4, -0.2) is 28.3 Å². The lowest BCUT2D eigenvalue weighted by molar-refractivity contribution is 0.0527. The van der Waals surface area contributed by atoms with Crippen LogP contribution >= 0.6 is 11.6 Å². The smallest absolute Gasteiger partial charge is 0.340 e. The first-order valence-corrected chi connectivity index (χ1v) is 7.31. The van der Waals surface area contributed by atoms with Crippen molar-refractivity contribution in [3.05, 3.63) is 46.2 Å². The highest BCUT2D eigenvalue weighted by Crippen LogP contribution is 2.25. The number of carbonyl (C=O) groups excluding carboxylic acids is 2. The lowest BCUT2D eigenvalue weighted by Gasteiger charge is -2.11. The molecule has 0 aliphatic heterocycles. The highest BCUT2D eigenvalue weighted by Gasteiger charge is 2.24. The number of ether oxygens (including phenoxy) is 1. The van der Waals surface area contributed by atoms with Gasteiger partial charge in [-0.05, 0) is 25.1 Å². The number of nitrogens with zero attached hydrogens (tertiary/aromatic N) is 2. The Hall–Kier alpha value is -2.48. The van der Waals surface area contributed by atoms with Gasteiger partial charge in [-0.1, -0.05) is 11.6 Å². The number of rotatable bonds is 5. The number of aromatic nitrogens is 2. The zero-order chi connectivity index (χ0) is 17.9. The van der Waals surface area contributed by atoms with Crippen molar-refractivity contribution in [1.29, 1.82) is 0 Å². The molecule has 0 saturated heterocycles. The van der Waals surface area contributed by atoms with Crippen LogP contribution in [0.2, 0.25) is 5.02 Å². The Morgan fingerprint density at radius 2 is 2.08 bits per heavy atom. The van der Waals surface area contributed by atoms with E-state index >= 15 is 0 Å². The number of alkyl halides is 2. The molecular weight excluding hydrogens is 344 g/mol. The Balaban J connectivity index is 2.35. The number of halogens is 3. The van der Waals surface area contributed by atoms with Crippen LogP contribution in [0.3, 0.4) is 0 Å². The molecule has 0 spiro atoms. The Morgan fingerprint density at radius 3 is 2.71 bits per heavy atom. The third-order valence-corrected chi connectivity index (χ3v) is 3.27. The van der Waals surface area contributed by atoms with Gasteiger partial charge in [0, 0.05) is 18.3 Å². The van der Waals surface area contributed by atoms with Crippen molar-refractivity contribution < 1.29 is 23.1 Å². The number of hydrogen-bond acceptors (Lipinski definition) is 4. The number of anilines is 1. The van der Waals surface area contributed by atoms with Crippen molar-refractivity contribution in [2.45, 2.75) is 13.3 Å². The molecule has 1 aromatic heterocycles. The molecular formula is C15H14ClF2N3O3. The van der Waals surface area contributed by atoms with Crippen LogP contribution in [0.25, 0.3) is 0 Å². The Labute approximate surface area is 141 Å². The van der Waals surface area contributed by atoms with Crippen LogP contribution in [0.5, 0.6) is 0 Å². The molecule has 128 valence electrons. The van der Waals surface area contributed by atoms with Crippen molar-refractivity contribution in [2.24, 2.45) is 7.05 Å². The SMILES string of the molecule is CCOC(=O)c1ccc(Cl)cc1NC(=O)c1cn(C)nc1C(F)F. The monoisotopic (exact) mass is 357 g/mol. The highest BCUT2D eigenvalue weighted by atomic mass is 35.5. The second kappa shape index (κ2) is 7.39. The number of hydrogen-bond donors (Lipinski definition) is 1. The third-order valence-electron chi connectivity index (χ3n) is 3.03. The van der Waals surface area contributed by atoms with Crippen molar-refractivity contribution in [1.82, 2.24) is 9.78 Å². The predicted molar refractivity (Wildman–Crippen MR) is 83.5 cm³/mol. The Bertz CT molecular complexity index is 777. The van der Waals surface area contributed by atoms with Gasteiger partial charge in [-0.2, -0.15) is 5.10 Å². The van der Waals surface area contributed by atoms with E-state index in [4.69, 9.17) is 16.3 Å². The lowest BCUT2D eigenvalue weighted by Crippen LogP contribution is -2.17. The summed E-state index contributed by atoms with van der Waals surface area (Å²) in [5.74, 6) is -1.49. The second-order valence-corrected chi connectivity index (χ2v) is 5.20. The molecule has 0 aliphatic carbocycles. The fraction of sp³-hybridized carbons (Fsp3) is 0.267. The minimum Gasteiger partial charge on any atom is -0.462 e. The molecule has 1 amide bonds. The first-order chi connectivity index (χ1) is 11.3. The molecule has 1 aromatic carbocycles. The minimum absolute atomic E-state index is 0.0648. The van der Waals surface area contributed by atoms with Gasteiger partial charge in [0.25, 0.3) is 12.3 Å². The average Bonchev–Trinajstić information content (AvgIpc) is 2.90. The van der Waals surface area contributed by atoms with Crippen LogP contribution in [0.1, 0.15) is 39.8 Å². The number of benzene rings is 1. The number of aryl methyl sites for hydroxylation is 1. The summed E-state index contributed by atoms with van der Waals surface area (Å²) in [5, 5.41) is 6.23. The Morgan fingerprint density at radius 1 is 1.38 bits per heavy atom. The Kier molecular flexibility index (Phi) is 5.50. The second-order valence-electron chi connectivity index (χ2n) is 4.77. The maximum absolute atomic E-state index is 13.0. The molecule has 1 N–H and O–H groups in total. The van der Waals surface area contributed by atoms with E-state index in [9.17, 15) is 18.4 Å². The maximum Gasteiger partial charge on any atom is 0.340 e. The van der Waals surface area contributed by atoms with Gasteiger partial charge in [0.1, 0.15) is 5.69 Å². The minimum atomic E-state index is -2.91. The first kappa shape index (κ1) is 17.9. The van der Waals surface area contributed by atoms with Crippen LogP contribution in [0.4, 0.5) is 14.5 Å². The summed E-state index contributed by atoms with van der Waals surface area (Å²) in [6, 6.07) is 4.18. The molecule has 0 radical (unpaired) electrons. The van der Waals surface area contributed by atoms with Crippen molar-refractivity contribution >= 4 is 29.2 Å². The molecule has 0 fully saturated rings. The number of esters is 1. The molecule has 24 heavy (non-hydrogen) atoms. The van der Waals surface area contributed by atoms with E-state index in [2.05, 4.69) is 10.4 Å². The molecule has 0 aliphatic rings. The molecule has 2 rings (SSSR count). The molecule has 0 unspecified atom stereocenters. The lowest BCUT2D eigenvalue weighted by atomic mass is 10.1. The summed E-state index contributed by atoms with van der Waals surface area (Å²) in [7, 11) is 1.42. The summed E-state index contributed by atoms with van der Waals surface area (Å²) in [5.41, 5.74) is -0.802. The maximum atomic E-state index is 13.0. The molecule has 6 nitrogen and oxygen atoms in total. The van der Waals surface area contributed by atoms with E-state index in [0.29, 0.717) is 0 Å².